The lowest BCUT2D eigenvalue weighted by molar-refractivity contribution is 0.0936. The maximum atomic E-state index is 13.1. The number of carbonyl (C=O) groups excluding carboxylic acids is 2. The third-order valence-electron chi connectivity index (χ3n) is 6.08. The number of amides is 2. The van der Waals surface area contributed by atoms with Gasteiger partial charge in [0.15, 0.2) is 0 Å². The summed E-state index contributed by atoms with van der Waals surface area (Å²) in [6, 6.07) is 17.9. The minimum absolute atomic E-state index is 0.000309. The third-order valence-corrected chi connectivity index (χ3v) is 6.08. The molecule has 1 fully saturated rings. The van der Waals surface area contributed by atoms with Gasteiger partial charge >= 0.3 is 0 Å². The van der Waals surface area contributed by atoms with Crippen LogP contribution < -0.4 is 16.1 Å². The second-order valence-corrected chi connectivity index (χ2v) is 8.67. The van der Waals surface area contributed by atoms with E-state index in [4.69, 9.17) is 0 Å². The van der Waals surface area contributed by atoms with E-state index in [-0.39, 0.29) is 23.2 Å². The molecule has 0 spiro atoms. The van der Waals surface area contributed by atoms with Crippen LogP contribution in [-0.4, -0.2) is 28.5 Å². The highest BCUT2D eigenvalue weighted by molar-refractivity contribution is 5.99. The minimum atomic E-state index is -0.527. The number of benzene rings is 2. The number of hydrogen-bond donors (Lipinski definition) is 2. The number of hydrogen-bond acceptors (Lipinski definition) is 3. The molecule has 2 aliphatic rings. The van der Waals surface area contributed by atoms with Crippen LogP contribution >= 0.6 is 0 Å². The molecule has 1 aromatic heterocycles. The lowest BCUT2D eigenvalue weighted by atomic mass is 10.1. The molecule has 0 bridgehead atoms. The maximum absolute atomic E-state index is 13.1. The molecule has 1 heterocycles. The molecule has 0 unspecified atom stereocenters. The number of carbonyl (C=O) groups is 2. The Labute approximate surface area is 186 Å². The number of nitrogens with one attached hydrogen (secondary N) is 2. The zero-order valence-electron chi connectivity index (χ0n) is 17.7. The summed E-state index contributed by atoms with van der Waals surface area (Å²) >= 11 is 0. The van der Waals surface area contributed by atoms with Crippen molar-refractivity contribution >= 4 is 11.8 Å². The molecule has 0 radical (unpaired) electrons. The van der Waals surface area contributed by atoms with Crippen LogP contribution in [0, 0.1) is 0 Å². The fourth-order valence-electron chi connectivity index (χ4n) is 4.26. The van der Waals surface area contributed by atoms with E-state index in [1.807, 2.05) is 42.5 Å². The van der Waals surface area contributed by atoms with Crippen molar-refractivity contribution in [2.45, 2.75) is 44.3 Å². The molecule has 32 heavy (non-hydrogen) atoms. The Morgan fingerprint density at radius 3 is 1.88 bits per heavy atom. The first-order valence-electron chi connectivity index (χ1n) is 11.0. The van der Waals surface area contributed by atoms with Crippen molar-refractivity contribution in [3.63, 3.8) is 0 Å². The molecule has 0 aliphatic heterocycles. The van der Waals surface area contributed by atoms with E-state index in [0.717, 1.165) is 31.2 Å². The van der Waals surface area contributed by atoms with E-state index < -0.39 is 17.2 Å². The van der Waals surface area contributed by atoms with Crippen molar-refractivity contribution in [3.05, 3.63) is 105 Å². The quantitative estimate of drug-likeness (QED) is 0.635. The minimum Gasteiger partial charge on any atom is -0.349 e. The van der Waals surface area contributed by atoms with Gasteiger partial charge < -0.3 is 15.2 Å². The normalized spacial score (nSPS) is 15.2. The van der Waals surface area contributed by atoms with Crippen molar-refractivity contribution in [1.29, 1.82) is 0 Å². The fourth-order valence-corrected chi connectivity index (χ4v) is 4.26. The summed E-state index contributed by atoms with van der Waals surface area (Å²) < 4.78 is 1.75. The number of rotatable bonds is 6. The van der Waals surface area contributed by atoms with E-state index in [0.29, 0.717) is 6.54 Å². The predicted octanol–water partition coefficient (Wildman–Crippen LogP) is 2.69. The Hall–Kier alpha value is -3.67. The Bertz CT molecular complexity index is 1200. The van der Waals surface area contributed by atoms with Crippen LogP contribution in [0.5, 0.6) is 0 Å². The molecule has 2 aliphatic carbocycles. The molecule has 0 atom stereocenters. The lowest BCUT2D eigenvalue weighted by Crippen LogP contribution is -2.40. The van der Waals surface area contributed by atoms with E-state index in [1.54, 1.807) is 17.0 Å². The molecule has 162 valence electrons. The van der Waals surface area contributed by atoms with Crippen molar-refractivity contribution < 1.29 is 9.59 Å². The molecule has 2 amide bonds. The summed E-state index contributed by atoms with van der Waals surface area (Å²) in [5.41, 5.74) is 2.94. The predicted molar refractivity (Wildman–Crippen MR) is 122 cm³/mol. The van der Waals surface area contributed by atoms with E-state index in [9.17, 15) is 14.4 Å². The molecule has 5 rings (SSSR count). The average Bonchev–Trinajstić information content (AvgIpc) is 3.51. The van der Waals surface area contributed by atoms with Crippen LogP contribution in [0.1, 0.15) is 50.2 Å². The van der Waals surface area contributed by atoms with Gasteiger partial charge in [-0.25, -0.2) is 0 Å². The number of pyridine rings is 1. The molecule has 2 N–H and O–H groups in total. The zero-order chi connectivity index (χ0) is 22.1. The molecule has 3 aromatic rings. The second-order valence-electron chi connectivity index (χ2n) is 8.67. The highest BCUT2D eigenvalue weighted by Crippen LogP contribution is 2.22. The summed E-state index contributed by atoms with van der Waals surface area (Å²) in [4.78, 5) is 39.0. The van der Waals surface area contributed by atoms with Crippen molar-refractivity contribution in [1.82, 2.24) is 15.2 Å². The highest BCUT2D eigenvalue weighted by atomic mass is 16.2. The van der Waals surface area contributed by atoms with Crippen molar-refractivity contribution in [2.75, 3.05) is 0 Å². The monoisotopic (exact) mass is 427 g/mol. The maximum Gasteiger partial charge on any atom is 0.257 e. The first-order valence-corrected chi connectivity index (χ1v) is 11.0. The van der Waals surface area contributed by atoms with E-state index >= 15 is 0 Å². The van der Waals surface area contributed by atoms with E-state index in [1.165, 1.54) is 11.1 Å². The Morgan fingerprint density at radius 2 is 1.31 bits per heavy atom. The molecule has 1 saturated carbocycles. The molecular formula is C26H25N3O3. The van der Waals surface area contributed by atoms with Gasteiger partial charge in [-0.2, -0.15) is 0 Å². The molecule has 6 nitrogen and oxygen atoms in total. The van der Waals surface area contributed by atoms with Crippen LogP contribution in [0.2, 0.25) is 0 Å². The van der Waals surface area contributed by atoms with Gasteiger partial charge in [0.2, 0.25) is 5.43 Å². The van der Waals surface area contributed by atoms with Gasteiger partial charge in [0.1, 0.15) is 11.1 Å². The van der Waals surface area contributed by atoms with Crippen LogP contribution in [0.3, 0.4) is 0 Å². The SMILES string of the molecule is O=C(NC1CC1)c1cn(Cc2ccccc2)cc(C(=O)NC2Cc3ccccc3C2)c1=O. The fraction of sp³-hybridized carbons (Fsp3) is 0.269. The standard InChI is InChI=1S/C26H25N3O3/c30-24-22(25(31)27-20-10-11-20)15-29(14-17-6-2-1-3-7-17)16-23(24)26(32)28-21-12-18-8-4-5-9-19(18)13-21/h1-9,15-16,20-21H,10-14H2,(H,27,31)(H,28,32). The van der Waals surface area contributed by atoms with Crippen molar-refractivity contribution in [3.8, 4) is 0 Å². The van der Waals surface area contributed by atoms with Gasteiger partial charge in [-0.15, -0.1) is 0 Å². The Balaban J connectivity index is 1.43. The van der Waals surface area contributed by atoms with Gasteiger partial charge in [-0.1, -0.05) is 54.6 Å². The Kier molecular flexibility index (Phi) is 5.35. The van der Waals surface area contributed by atoms with Gasteiger partial charge in [0.05, 0.1) is 0 Å². The zero-order valence-corrected chi connectivity index (χ0v) is 17.7. The van der Waals surface area contributed by atoms with Gasteiger partial charge in [-0.05, 0) is 42.4 Å². The number of aromatic nitrogens is 1. The average molecular weight is 428 g/mol. The van der Waals surface area contributed by atoms with Crippen LogP contribution in [0.25, 0.3) is 0 Å². The van der Waals surface area contributed by atoms with Gasteiger partial charge in [-0.3, -0.25) is 14.4 Å². The van der Waals surface area contributed by atoms with Crippen LogP contribution in [0.4, 0.5) is 0 Å². The summed E-state index contributed by atoms with van der Waals surface area (Å²) in [5, 5.41) is 5.88. The summed E-state index contributed by atoms with van der Waals surface area (Å²) in [7, 11) is 0. The molecule has 0 saturated heterocycles. The third kappa shape index (κ3) is 4.35. The first kappa shape index (κ1) is 20.2. The topological polar surface area (TPSA) is 80.2 Å². The van der Waals surface area contributed by atoms with Gasteiger partial charge in [0.25, 0.3) is 11.8 Å². The van der Waals surface area contributed by atoms with Gasteiger partial charge in [0, 0.05) is 31.0 Å². The molecular weight excluding hydrogens is 402 g/mol. The molecule has 2 aromatic carbocycles. The van der Waals surface area contributed by atoms with Crippen LogP contribution in [-0.2, 0) is 19.4 Å². The van der Waals surface area contributed by atoms with Crippen LogP contribution in [0.15, 0.2) is 71.8 Å². The highest BCUT2D eigenvalue weighted by Gasteiger charge is 2.28. The summed E-state index contributed by atoms with van der Waals surface area (Å²) in [5.74, 6) is -0.849. The second kappa shape index (κ2) is 8.46. The van der Waals surface area contributed by atoms with Crippen molar-refractivity contribution in [2.24, 2.45) is 0 Å². The number of nitrogens with zero attached hydrogens (tertiary/aromatic N) is 1. The number of fused-ring (bicyclic) bond motifs is 1. The lowest BCUT2D eigenvalue weighted by Gasteiger charge is -2.15. The summed E-state index contributed by atoms with van der Waals surface area (Å²) in [6.45, 7) is 0.458. The van der Waals surface area contributed by atoms with E-state index in [2.05, 4.69) is 22.8 Å². The smallest absolute Gasteiger partial charge is 0.257 e. The first-order chi connectivity index (χ1) is 15.6. The Morgan fingerprint density at radius 1 is 0.781 bits per heavy atom. The summed E-state index contributed by atoms with van der Waals surface area (Å²) in [6.07, 6.45) is 6.43. The molecule has 6 heteroatoms. The largest absolute Gasteiger partial charge is 0.349 e.